The maximum absolute atomic E-state index is 13.5. The van der Waals surface area contributed by atoms with Gasteiger partial charge in [-0.2, -0.15) is 15.1 Å². The number of hydrogen-bond acceptors (Lipinski definition) is 35. The van der Waals surface area contributed by atoms with Gasteiger partial charge in [0.25, 0.3) is 34.0 Å². The highest BCUT2D eigenvalue weighted by Gasteiger charge is 2.38. The molecule has 4 aliphatic carbocycles. The van der Waals surface area contributed by atoms with E-state index >= 15 is 0 Å². The van der Waals surface area contributed by atoms with E-state index < -0.39 is 0 Å². The van der Waals surface area contributed by atoms with Crippen LogP contribution in [-0.4, -0.2) is 123 Å². The lowest BCUT2D eigenvalue weighted by Crippen LogP contribution is -2.29. The second kappa shape index (κ2) is 35.6. The number of nitrogens with zero attached hydrogens (tertiary/aromatic N) is 25. The monoisotopic (exact) mass is 1750 g/mol. The summed E-state index contributed by atoms with van der Waals surface area (Å²) in [6.07, 6.45) is 17.5. The molecule has 128 heavy (non-hydrogen) atoms. The zero-order valence-corrected chi connectivity index (χ0v) is 72.9. The second-order valence-electron chi connectivity index (χ2n) is 32.0. The Kier molecular flexibility index (Phi) is 23.7. The molecule has 0 unspecified atom stereocenters. The zero-order valence-electron chi connectivity index (χ0n) is 72.1. The molecule has 20 rings (SSSR count). The minimum Gasteiger partial charge on any atom is -0.421 e. The summed E-state index contributed by atoms with van der Waals surface area (Å²) in [6.45, 7) is 19.1. The highest BCUT2D eigenvalue weighted by Crippen LogP contribution is 2.44. The average Bonchev–Trinajstić information content (AvgIpc) is 1.74. The topological polar surface area (TPSA) is 542 Å². The summed E-state index contributed by atoms with van der Waals surface area (Å²) < 4.78 is 24.9. The summed E-state index contributed by atoms with van der Waals surface area (Å²) in [5.74, 6) is 7.99. The summed E-state index contributed by atoms with van der Waals surface area (Å²) in [5.41, 5.74) is 31.7. The van der Waals surface area contributed by atoms with Gasteiger partial charge in [-0.3, -0.25) is 42.1 Å². The lowest BCUT2D eigenvalue weighted by atomic mass is 10.1. The fourth-order valence-corrected chi connectivity index (χ4v) is 16.1. The lowest BCUT2D eigenvalue weighted by molar-refractivity contribution is 0.394. The number of halogens is 1. The van der Waals surface area contributed by atoms with Crippen molar-refractivity contribution in [3.05, 3.63) is 208 Å². The Bertz CT molecular complexity index is 6340. The molecule has 0 radical (unpaired) electrons. The molecule has 0 bridgehead atoms. The number of aromatic nitrogens is 25. The van der Waals surface area contributed by atoms with E-state index in [1.54, 1.807) is 61.6 Å². The molecule has 4 fully saturated rings. The van der Waals surface area contributed by atoms with E-state index in [1.165, 1.54) is 25.3 Å². The molecule has 0 amide bonds. The van der Waals surface area contributed by atoms with Crippen LogP contribution in [0.15, 0.2) is 137 Å². The van der Waals surface area contributed by atoms with Crippen molar-refractivity contribution in [2.45, 2.75) is 195 Å². The van der Waals surface area contributed by atoms with Gasteiger partial charge >= 0.3 is 0 Å². The first-order valence-electron chi connectivity index (χ1n) is 42.4. The Hall–Kier alpha value is -15.0. The number of hydrogen-bond donors (Lipinski definition) is 8. The van der Waals surface area contributed by atoms with E-state index in [1.807, 2.05) is 117 Å². The van der Waals surface area contributed by atoms with Crippen LogP contribution in [0.3, 0.4) is 0 Å². The van der Waals surface area contributed by atoms with Crippen LogP contribution in [0.25, 0.3) is 89.3 Å². The number of rotatable bonds is 24. The van der Waals surface area contributed by atoms with Crippen molar-refractivity contribution in [3.8, 4) is 45.7 Å². The van der Waals surface area contributed by atoms with Gasteiger partial charge in [0.2, 0.25) is 17.6 Å². The third-order valence-corrected chi connectivity index (χ3v) is 23.1. The molecule has 40 nitrogen and oxygen atoms in total. The van der Waals surface area contributed by atoms with Crippen molar-refractivity contribution in [2.24, 2.45) is 7.05 Å². The summed E-state index contributed by atoms with van der Waals surface area (Å²) in [4.78, 5) is 120. The van der Waals surface area contributed by atoms with E-state index in [-0.39, 0.29) is 106 Å². The molecule has 656 valence electrons. The molecular formula is C87H94ClN33O7. The van der Waals surface area contributed by atoms with E-state index in [0.29, 0.717) is 172 Å². The van der Waals surface area contributed by atoms with Gasteiger partial charge < -0.3 is 57.7 Å². The minimum atomic E-state index is -0.330. The van der Waals surface area contributed by atoms with Gasteiger partial charge in [0.15, 0.2) is 11.6 Å². The fraction of sp³-hybridized carbons (Fsp3) is 0.356. The molecule has 12 N–H and O–H groups in total. The van der Waals surface area contributed by atoms with Crippen molar-refractivity contribution < 1.29 is 13.5 Å². The molecule has 4 aromatic carbocycles. The molecule has 4 atom stereocenters. The quantitative estimate of drug-likeness (QED) is 0.0278. The van der Waals surface area contributed by atoms with Gasteiger partial charge in [-0.15, -0.1) is 10.2 Å². The first-order valence-corrected chi connectivity index (χ1v) is 42.8. The van der Waals surface area contributed by atoms with Crippen LogP contribution < -0.4 is 66.4 Å². The third-order valence-electron chi connectivity index (χ3n) is 22.7. The van der Waals surface area contributed by atoms with Crippen molar-refractivity contribution in [2.75, 3.05) is 44.2 Å². The van der Waals surface area contributed by atoms with Gasteiger partial charge in [0.05, 0.1) is 72.8 Å². The smallest absolute Gasteiger partial charge is 0.265 e. The molecule has 12 aromatic heterocycles. The van der Waals surface area contributed by atoms with Gasteiger partial charge in [-0.05, 0) is 152 Å². The largest absolute Gasteiger partial charge is 0.421 e. The number of benzene rings is 4. The van der Waals surface area contributed by atoms with Crippen molar-refractivity contribution in [1.29, 1.82) is 0 Å². The molecule has 12 heterocycles. The summed E-state index contributed by atoms with van der Waals surface area (Å²) in [7, 11) is 1.79. The first-order chi connectivity index (χ1) is 61.9. The Morgan fingerprint density at radius 2 is 0.750 bits per heavy atom. The number of fused-ring (bicyclic) bond motifs is 4. The van der Waals surface area contributed by atoms with Crippen LogP contribution >= 0.6 is 11.6 Å². The number of nitrogens with two attached hydrogens (primary N) is 4. The van der Waals surface area contributed by atoms with Gasteiger partial charge in [0, 0.05) is 45.1 Å². The van der Waals surface area contributed by atoms with Crippen LogP contribution in [0.2, 0.25) is 5.02 Å². The molecule has 16 aromatic rings. The van der Waals surface area contributed by atoms with Crippen molar-refractivity contribution in [1.82, 2.24) is 123 Å². The average molecular weight is 1750 g/mol. The second-order valence-corrected chi connectivity index (χ2v) is 32.5. The molecule has 4 saturated carbocycles. The van der Waals surface area contributed by atoms with E-state index in [4.69, 9.17) is 67.9 Å². The summed E-state index contributed by atoms with van der Waals surface area (Å²) in [5, 5.41) is 36.7. The maximum Gasteiger partial charge on any atom is 0.265 e. The van der Waals surface area contributed by atoms with E-state index in [0.717, 1.165) is 68.1 Å². The highest BCUT2D eigenvalue weighted by molar-refractivity contribution is 6.35. The SMILES string of the molecule is CC[C@@H](Nc1ncnc(N)c1-c1nc(C)no1)c1nc2cccc(Cl)c2c(=O)n1C1CC1.CC[C@H](Nc1ncnc(N)c1-c1ncn(C)n1)c1nc2cccc(C)c2c(=O)n1C1CC1.CC[C@H](Nc1ncnc(N)c1-c1nnc(C)o1)c1nc2cccc(C)c2c(=O)n1C1CC1.CC[C@H](Nc1ncnc(N)c1-c1noc(C)n1)c1nc2cccc(C)c2c(=O)n1C1CC1. The molecule has 0 saturated heterocycles. The number of nitrogen functional groups attached to an aromatic ring is 4. The number of anilines is 8. The molecule has 4 aliphatic rings. The Labute approximate surface area is 734 Å². The Balaban J connectivity index is 0.000000120. The van der Waals surface area contributed by atoms with Gasteiger partial charge in [-0.1, -0.05) is 92.1 Å². The number of nitrogens with one attached hydrogen (secondary N) is 4. The maximum atomic E-state index is 13.5. The predicted octanol–water partition coefficient (Wildman–Crippen LogP) is 13.1. The highest BCUT2D eigenvalue weighted by atomic mass is 35.5. The summed E-state index contributed by atoms with van der Waals surface area (Å²) in [6, 6.07) is 22.0. The van der Waals surface area contributed by atoms with Crippen molar-refractivity contribution >= 4 is 102 Å². The van der Waals surface area contributed by atoms with Gasteiger partial charge in [0.1, 0.15) is 124 Å². The third kappa shape index (κ3) is 17.0. The standard InChI is InChI=1S/C22H25N9O.2C22H24N8O2.C21H21ClN8O2/c1-4-14(27-19-17(18(23)24-10-25-19)20-26-11-30(3)29-20)21-28-15-7-5-6-12(2)16(15)22(32)31(21)13-8-9-13;1-4-14(27-19-17(18(23)24-10-25-19)20-26-12(3)32-29-20)21-28-15-7-5-6-11(2)16(15)22(31)30(21)13-8-9-13;1-4-14(26-19-17(18(23)24-10-25-19)21-29-28-12(3)32-21)20-27-15-7-5-6-11(2)16(15)22(31)30(20)13-8-9-13;1-3-13(27-18-16(17(23)24-9-25-18)20-26-10(2)29-32-20)19-28-14-6-4-5-12(22)15(14)21(31)30(19)11-7-8-11/h5-7,10-11,13-14H,4,8-9H2,1-3H3,(H3,23,24,25,27);5-7,10,13-14H,4,8-9H2,1-3H3,(H3,23,24,25,27);5-7,10,13-14H,4,8-9H2,1-3H3,(H3,23,24,25,26);4-6,9,11,13H,3,7-8H2,1-2H3,(H3,23,24,25,27)/t3*14-;13-/m0001/s1. The minimum absolute atomic E-state index is 0.000742. The van der Waals surface area contributed by atoms with Crippen molar-refractivity contribution in [3.63, 3.8) is 0 Å². The van der Waals surface area contributed by atoms with Crippen LogP contribution in [0.4, 0.5) is 46.5 Å². The summed E-state index contributed by atoms with van der Waals surface area (Å²) >= 11 is 6.34. The lowest BCUT2D eigenvalue weighted by Gasteiger charge is -2.23. The van der Waals surface area contributed by atoms with Crippen LogP contribution in [0.5, 0.6) is 0 Å². The molecular weight excluding hydrogens is 1650 g/mol. The predicted molar refractivity (Wildman–Crippen MR) is 483 cm³/mol. The van der Waals surface area contributed by atoms with E-state index in [2.05, 4.69) is 102 Å². The number of aryl methyl sites for hydroxylation is 7. The first kappa shape index (κ1) is 85.2. The zero-order chi connectivity index (χ0) is 89.6. The van der Waals surface area contributed by atoms with E-state index in [9.17, 15) is 19.2 Å². The Morgan fingerprint density at radius 1 is 0.398 bits per heavy atom. The van der Waals surface area contributed by atoms with Crippen LogP contribution in [0, 0.1) is 41.5 Å². The fourth-order valence-electron chi connectivity index (χ4n) is 15.8. The van der Waals surface area contributed by atoms with Crippen LogP contribution in [0.1, 0.15) is 211 Å². The van der Waals surface area contributed by atoms with Crippen LogP contribution in [-0.2, 0) is 7.05 Å². The normalized spacial score (nSPS) is 14.6. The molecule has 0 spiro atoms. The van der Waals surface area contributed by atoms with Gasteiger partial charge in [-0.25, -0.2) is 64.8 Å². The molecule has 0 aliphatic heterocycles. The Morgan fingerprint density at radius 3 is 1.08 bits per heavy atom. The molecule has 41 heteroatoms.